The number of aromatic nitrogens is 1. The molecule has 1 heterocycles. The summed E-state index contributed by atoms with van der Waals surface area (Å²) >= 11 is 7.21. The predicted molar refractivity (Wildman–Crippen MR) is 55.4 cm³/mol. The molecular weight excluding hydrogens is 208 g/mol. The quantitative estimate of drug-likeness (QED) is 0.709. The maximum Gasteiger partial charge on any atom is 0.181 e. The van der Waals surface area contributed by atoms with E-state index >= 15 is 0 Å². The molecule has 0 atom stereocenters. The highest BCUT2D eigenvalue weighted by molar-refractivity contribution is 7.22. The summed E-state index contributed by atoms with van der Waals surface area (Å²) < 4.78 is 0.850. The Bertz CT molecular complexity index is 480. The summed E-state index contributed by atoms with van der Waals surface area (Å²) in [6, 6.07) is 1.48. The molecule has 68 valence electrons. The minimum absolute atomic E-state index is 0.182. The monoisotopic (exact) mass is 214 g/mol. The number of hydrogen-bond acceptors (Lipinski definition) is 4. The maximum atomic E-state index is 9.46. The zero-order valence-electron chi connectivity index (χ0n) is 6.84. The Hall–Kier alpha value is -1.00. The molecule has 1 aromatic carbocycles. The molecule has 0 aliphatic carbocycles. The van der Waals surface area contributed by atoms with Crippen molar-refractivity contribution in [1.29, 1.82) is 0 Å². The molecule has 0 radical (unpaired) electrons. The third-order valence-electron chi connectivity index (χ3n) is 1.86. The zero-order valence-corrected chi connectivity index (χ0v) is 8.41. The van der Waals surface area contributed by atoms with Gasteiger partial charge in [-0.05, 0) is 6.92 Å². The normalized spacial score (nSPS) is 10.9. The van der Waals surface area contributed by atoms with Crippen LogP contribution in [0.4, 0.5) is 5.13 Å². The molecule has 0 aliphatic heterocycles. The topological polar surface area (TPSA) is 59.1 Å². The predicted octanol–water partition coefficient (Wildman–Crippen LogP) is 2.55. The van der Waals surface area contributed by atoms with Crippen LogP contribution in [0, 0.1) is 6.92 Å². The molecule has 3 N–H and O–H groups in total. The van der Waals surface area contributed by atoms with E-state index in [0.29, 0.717) is 15.7 Å². The van der Waals surface area contributed by atoms with Gasteiger partial charge >= 0.3 is 0 Å². The average Bonchev–Trinajstić information content (AvgIpc) is 2.44. The number of aromatic hydroxyl groups is 1. The van der Waals surface area contributed by atoms with E-state index in [4.69, 9.17) is 17.3 Å². The number of anilines is 1. The van der Waals surface area contributed by atoms with Gasteiger partial charge in [-0.2, -0.15) is 0 Å². The summed E-state index contributed by atoms with van der Waals surface area (Å²) in [5.74, 6) is 0.182. The second-order valence-corrected chi connectivity index (χ2v) is 4.17. The standard InChI is InChI=1S/C8H7ClN2OS/c1-3-5(12)2-4(9)6-7(3)13-8(10)11-6/h2,12H,1H3,(H2,10,11). The summed E-state index contributed by atoms with van der Waals surface area (Å²) in [6.45, 7) is 1.81. The van der Waals surface area contributed by atoms with Gasteiger partial charge in [0, 0.05) is 11.6 Å². The minimum atomic E-state index is 0.182. The van der Waals surface area contributed by atoms with E-state index in [1.807, 2.05) is 6.92 Å². The van der Waals surface area contributed by atoms with Gasteiger partial charge < -0.3 is 10.8 Å². The zero-order chi connectivity index (χ0) is 9.59. The number of phenolic OH excluding ortho intramolecular Hbond substituents is 1. The van der Waals surface area contributed by atoms with Gasteiger partial charge in [-0.1, -0.05) is 22.9 Å². The second-order valence-electron chi connectivity index (χ2n) is 2.73. The van der Waals surface area contributed by atoms with Crippen LogP contribution in [-0.4, -0.2) is 10.1 Å². The number of nitrogens with two attached hydrogens (primary N) is 1. The Balaban J connectivity index is 2.95. The molecule has 0 saturated heterocycles. The molecule has 0 bridgehead atoms. The van der Waals surface area contributed by atoms with E-state index in [1.54, 1.807) is 0 Å². The number of rotatable bonds is 0. The molecule has 2 aromatic rings. The van der Waals surface area contributed by atoms with Gasteiger partial charge in [-0.25, -0.2) is 4.98 Å². The number of aryl methyl sites for hydroxylation is 1. The second kappa shape index (κ2) is 2.75. The first-order valence-corrected chi connectivity index (χ1v) is 4.83. The van der Waals surface area contributed by atoms with Crippen molar-refractivity contribution in [3.05, 3.63) is 16.7 Å². The molecule has 0 amide bonds. The van der Waals surface area contributed by atoms with Crippen LogP contribution in [0.15, 0.2) is 6.07 Å². The van der Waals surface area contributed by atoms with Crippen molar-refractivity contribution >= 4 is 38.3 Å². The molecule has 0 fully saturated rings. The lowest BCUT2D eigenvalue weighted by Gasteiger charge is -1.99. The van der Waals surface area contributed by atoms with Crippen LogP contribution >= 0.6 is 22.9 Å². The van der Waals surface area contributed by atoms with Crippen LogP contribution in [0.3, 0.4) is 0 Å². The van der Waals surface area contributed by atoms with Crippen molar-refractivity contribution in [2.45, 2.75) is 6.92 Å². The van der Waals surface area contributed by atoms with Gasteiger partial charge in [0.2, 0.25) is 0 Å². The van der Waals surface area contributed by atoms with Crippen molar-refractivity contribution < 1.29 is 5.11 Å². The molecule has 13 heavy (non-hydrogen) atoms. The largest absolute Gasteiger partial charge is 0.508 e. The number of thiazole rings is 1. The van der Waals surface area contributed by atoms with Crippen LogP contribution < -0.4 is 5.73 Å². The Morgan fingerprint density at radius 3 is 3.00 bits per heavy atom. The van der Waals surface area contributed by atoms with Crippen LogP contribution in [-0.2, 0) is 0 Å². The summed E-state index contributed by atoms with van der Waals surface area (Å²) in [6.07, 6.45) is 0. The summed E-state index contributed by atoms with van der Waals surface area (Å²) in [5, 5.41) is 10.4. The molecule has 0 aliphatic rings. The number of halogens is 1. The highest BCUT2D eigenvalue weighted by Gasteiger charge is 2.11. The van der Waals surface area contributed by atoms with Gasteiger partial charge in [0.1, 0.15) is 11.3 Å². The van der Waals surface area contributed by atoms with Crippen LogP contribution in [0.1, 0.15) is 5.56 Å². The highest BCUT2D eigenvalue weighted by atomic mass is 35.5. The third kappa shape index (κ3) is 1.22. The van der Waals surface area contributed by atoms with Crippen LogP contribution in [0.25, 0.3) is 10.2 Å². The Labute approximate surface area is 83.8 Å². The van der Waals surface area contributed by atoms with Crippen LogP contribution in [0.5, 0.6) is 5.75 Å². The first-order chi connectivity index (χ1) is 6.09. The fourth-order valence-electron chi connectivity index (χ4n) is 1.17. The molecule has 0 saturated carbocycles. The van der Waals surface area contributed by atoms with E-state index in [1.165, 1.54) is 17.4 Å². The van der Waals surface area contributed by atoms with Crippen molar-refractivity contribution in [3.63, 3.8) is 0 Å². The summed E-state index contributed by atoms with van der Waals surface area (Å²) in [5.41, 5.74) is 6.98. The number of nitrogen functional groups attached to an aromatic ring is 1. The summed E-state index contributed by atoms with van der Waals surface area (Å²) in [7, 11) is 0. The van der Waals surface area contributed by atoms with Gasteiger partial charge in [0.05, 0.1) is 9.72 Å². The number of nitrogens with zero attached hydrogens (tertiary/aromatic N) is 1. The van der Waals surface area contributed by atoms with E-state index in [-0.39, 0.29) is 5.75 Å². The van der Waals surface area contributed by atoms with E-state index < -0.39 is 0 Å². The van der Waals surface area contributed by atoms with Gasteiger partial charge in [-0.15, -0.1) is 0 Å². The Morgan fingerprint density at radius 2 is 2.31 bits per heavy atom. The number of hydrogen-bond donors (Lipinski definition) is 2. The van der Waals surface area contributed by atoms with Crippen LogP contribution in [0.2, 0.25) is 5.02 Å². The van der Waals surface area contributed by atoms with E-state index in [2.05, 4.69) is 4.98 Å². The lowest BCUT2D eigenvalue weighted by Crippen LogP contribution is -1.80. The molecule has 0 spiro atoms. The fourth-order valence-corrected chi connectivity index (χ4v) is 2.32. The molecule has 5 heteroatoms. The van der Waals surface area contributed by atoms with E-state index in [0.717, 1.165) is 10.3 Å². The van der Waals surface area contributed by atoms with Gasteiger partial charge in [-0.3, -0.25) is 0 Å². The van der Waals surface area contributed by atoms with Gasteiger partial charge in [0.15, 0.2) is 5.13 Å². The number of benzene rings is 1. The third-order valence-corrected chi connectivity index (χ3v) is 3.15. The molecule has 1 aromatic heterocycles. The van der Waals surface area contributed by atoms with Crippen molar-refractivity contribution in [2.75, 3.05) is 5.73 Å². The van der Waals surface area contributed by atoms with Crippen molar-refractivity contribution in [3.8, 4) is 5.75 Å². The molecule has 3 nitrogen and oxygen atoms in total. The lowest BCUT2D eigenvalue weighted by atomic mass is 10.2. The lowest BCUT2D eigenvalue weighted by molar-refractivity contribution is 0.472. The Kier molecular flexibility index (Phi) is 1.82. The SMILES string of the molecule is Cc1c(O)cc(Cl)c2nc(N)sc12. The minimum Gasteiger partial charge on any atom is -0.508 e. The van der Waals surface area contributed by atoms with Gasteiger partial charge in [0.25, 0.3) is 0 Å². The Morgan fingerprint density at radius 1 is 1.62 bits per heavy atom. The van der Waals surface area contributed by atoms with E-state index in [9.17, 15) is 5.11 Å². The highest BCUT2D eigenvalue weighted by Crippen LogP contribution is 2.36. The van der Waals surface area contributed by atoms with Crippen molar-refractivity contribution in [2.24, 2.45) is 0 Å². The fraction of sp³-hybridized carbons (Fsp3) is 0.125. The first kappa shape index (κ1) is 8.59. The maximum absolute atomic E-state index is 9.46. The summed E-state index contributed by atoms with van der Waals surface area (Å²) in [4.78, 5) is 4.07. The molecule has 0 unspecified atom stereocenters. The van der Waals surface area contributed by atoms with Crippen molar-refractivity contribution in [1.82, 2.24) is 4.98 Å². The number of fused-ring (bicyclic) bond motifs is 1. The number of phenols is 1. The first-order valence-electron chi connectivity index (χ1n) is 3.63. The average molecular weight is 215 g/mol. The smallest absolute Gasteiger partial charge is 0.181 e. The molecular formula is C8H7ClN2OS. The molecule has 2 rings (SSSR count).